The van der Waals surface area contributed by atoms with Crippen molar-refractivity contribution >= 4 is 17.0 Å². The maximum absolute atomic E-state index is 10.1. The highest BCUT2D eigenvalue weighted by Crippen LogP contribution is 2.01. The smallest absolute Gasteiger partial charge is 0.403 e. The molecule has 0 radical (unpaired) electrons. The Hall–Kier alpha value is -0.960. The zero-order valence-electron chi connectivity index (χ0n) is 5.75. The first kappa shape index (κ1) is 8.14. The normalized spacial score (nSPS) is 9.55. The number of hydrogen-bond acceptors (Lipinski definition) is 3. The zero-order valence-corrected chi connectivity index (χ0v) is 6.50. The first-order valence-corrected chi connectivity index (χ1v) is 3.50. The summed E-state index contributed by atoms with van der Waals surface area (Å²) in [5.41, 5.74) is 0.219. The minimum Gasteiger partial charge on any atom is -0.472 e. The van der Waals surface area contributed by atoms with Gasteiger partial charge in [0.25, 0.3) is 0 Å². The lowest BCUT2D eigenvalue weighted by Gasteiger charge is -1.96. The van der Waals surface area contributed by atoms with Crippen molar-refractivity contribution in [2.75, 3.05) is 6.61 Å². The van der Waals surface area contributed by atoms with Crippen molar-refractivity contribution in [1.82, 2.24) is 0 Å². The van der Waals surface area contributed by atoms with Crippen molar-refractivity contribution < 1.29 is 13.9 Å². The second kappa shape index (κ2) is 4.03. The molecule has 0 saturated carbocycles. The molecule has 0 saturated heterocycles. The van der Waals surface area contributed by atoms with Crippen molar-refractivity contribution in [2.24, 2.45) is 0 Å². The third kappa shape index (κ3) is 3.09. The highest BCUT2D eigenvalue weighted by molar-refractivity contribution is 6.61. The molecule has 11 heavy (non-hydrogen) atoms. The molecular weight excluding hydrogens is 168 g/mol. The van der Waals surface area contributed by atoms with Crippen molar-refractivity contribution in [3.05, 3.63) is 24.2 Å². The number of hydrogen-bond donors (Lipinski definition) is 0. The molecular formula is C7H7ClO3. The van der Waals surface area contributed by atoms with Crippen LogP contribution in [-0.2, 0) is 11.2 Å². The van der Waals surface area contributed by atoms with Crippen LogP contribution in [0.5, 0.6) is 0 Å². The maximum atomic E-state index is 10.1. The lowest BCUT2D eigenvalue weighted by molar-refractivity contribution is 0.175. The Morgan fingerprint density at radius 2 is 2.55 bits per heavy atom. The van der Waals surface area contributed by atoms with Gasteiger partial charge < -0.3 is 9.15 Å². The van der Waals surface area contributed by atoms with Gasteiger partial charge >= 0.3 is 5.43 Å². The van der Waals surface area contributed by atoms with E-state index in [1.165, 1.54) is 0 Å². The van der Waals surface area contributed by atoms with Gasteiger partial charge in [-0.2, -0.15) is 0 Å². The van der Waals surface area contributed by atoms with E-state index in [1.807, 2.05) is 6.07 Å². The number of ether oxygens (including phenoxy) is 1. The summed E-state index contributed by atoms with van der Waals surface area (Å²) in [4.78, 5) is 10.1. The lowest BCUT2D eigenvalue weighted by Crippen LogP contribution is -1.98. The minimum atomic E-state index is -0.770. The highest BCUT2D eigenvalue weighted by Gasteiger charge is 1.97. The van der Waals surface area contributed by atoms with Gasteiger partial charge in [-0.05, 0) is 11.6 Å². The Balaban J connectivity index is 2.19. The zero-order chi connectivity index (χ0) is 8.10. The summed E-state index contributed by atoms with van der Waals surface area (Å²) >= 11 is 4.93. The molecule has 0 aliphatic rings. The Morgan fingerprint density at radius 3 is 3.09 bits per heavy atom. The van der Waals surface area contributed by atoms with E-state index in [2.05, 4.69) is 4.74 Å². The molecule has 0 N–H and O–H groups in total. The molecule has 1 rings (SSSR count). The maximum Gasteiger partial charge on any atom is 0.403 e. The Kier molecular flexibility index (Phi) is 2.98. The Bertz CT molecular complexity index is 218. The summed E-state index contributed by atoms with van der Waals surface area (Å²) in [6.07, 6.45) is 3.80. The van der Waals surface area contributed by atoms with Gasteiger partial charge in [-0.25, -0.2) is 4.79 Å². The van der Waals surface area contributed by atoms with Crippen LogP contribution in [0.3, 0.4) is 0 Å². The van der Waals surface area contributed by atoms with Crippen LogP contribution in [0.25, 0.3) is 0 Å². The Labute approximate surface area is 68.9 Å². The molecule has 4 heteroatoms. The van der Waals surface area contributed by atoms with Crippen LogP contribution in [0.4, 0.5) is 4.79 Å². The van der Waals surface area contributed by atoms with E-state index in [4.69, 9.17) is 16.0 Å². The van der Waals surface area contributed by atoms with Gasteiger partial charge in [0.05, 0.1) is 19.1 Å². The lowest BCUT2D eigenvalue weighted by atomic mass is 10.3. The molecule has 0 aromatic carbocycles. The molecule has 0 unspecified atom stereocenters. The molecule has 0 atom stereocenters. The van der Waals surface area contributed by atoms with Crippen LogP contribution in [0.1, 0.15) is 5.56 Å². The second-order valence-corrected chi connectivity index (χ2v) is 2.28. The van der Waals surface area contributed by atoms with E-state index < -0.39 is 5.43 Å². The van der Waals surface area contributed by atoms with E-state index >= 15 is 0 Å². The van der Waals surface area contributed by atoms with Gasteiger partial charge in [-0.3, -0.25) is 0 Å². The predicted octanol–water partition coefficient (Wildman–Crippen LogP) is 2.20. The SMILES string of the molecule is O=C(Cl)OCCc1ccoc1. The van der Waals surface area contributed by atoms with Gasteiger partial charge in [0, 0.05) is 18.0 Å². The van der Waals surface area contributed by atoms with E-state index in [0.29, 0.717) is 13.0 Å². The quantitative estimate of drug-likeness (QED) is 0.660. The summed E-state index contributed by atoms with van der Waals surface area (Å²) in [5.74, 6) is 0. The predicted molar refractivity (Wildman–Crippen MR) is 39.6 cm³/mol. The third-order valence-electron chi connectivity index (χ3n) is 1.19. The fraction of sp³-hybridized carbons (Fsp3) is 0.286. The van der Waals surface area contributed by atoms with E-state index in [9.17, 15) is 4.79 Å². The average Bonchev–Trinajstić information content (AvgIpc) is 2.39. The average molecular weight is 175 g/mol. The minimum absolute atomic E-state index is 0.294. The first-order valence-electron chi connectivity index (χ1n) is 3.12. The van der Waals surface area contributed by atoms with Crippen LogP contribution in [-0.4, -0.2) is 12.0 Å². The van der Waals surface area contributed by atoms with Gasteiger partial charge in [0.2, 0.25) is 0 Å². The molecule has 0 aliphatic heterocycles. The number of rotatable bonds is 3. The molecule has 0 spiro atoms. The van der Waals surface area contributed by atoms with Crippen molar-refractivity contribution in [1.29, 1.82) is 0 Å². The third-order valence-corrected chi connectivity index (χ3v) is 1.30. The number of carbonyl (C=O) groups is 1. The Morgan fingerprint density at radius 1 is 1.73 bits per heavy atom. The fourth-order valence-corrected chi connectivity index (χ4v) is 0.761. The molecule has 0 aliphatic carbocycles. The van der Waals surface area contributed by atoms with Crippen molar-refractivity contribution in [3.8, 4) is 0 Å². The van der Waals surface area contributed by atoms with Crippen LogP contribution in [0.15, 0.2) is 23.0 Å². The summed E-state index contributed by atoms with van der Waals surface area (Å²) in [6.45, 7) is 0.294. The molecule has 0 amide bonds. The molecule has 0 fully saturated rings. The number of furan rings is 1. The molecule has 3 nitrogen and oxygen atoms in total. The molecule has 1 aromatic heterocycles. The topological polar surface area (TPSA) is 39.4 Å². The number of halogens is 1. The second-order valence-electron chi connectivity index (χ2n) is 1.97. The highest BCUT2D eigenvalue weighted by atomic mass is 35.5. The van der Waals surface area contributed by atoms with Gasteiger partial charge in [0.15, 0.2) is 0 Å². The van der Waals surface area contributed by atoms with E-state index in [-0.39, 0.29) is 0 Å². The van der Waals surface area contributed by atoms with Crippen LogP contribution in [0.2, 0.25) is 0 Å². The summed E-state index contributed by atoms with van der Waals surface area (Å²) < 4.78 is 9.30. The van der Waals surface area contributed by atoms with Gasteiger partial charge in [0.1, 0.15) is 0 Å². The number of carbonyl (C=O) groups excluding carboxylic acids is 1. The van der Waals surface area contributed by atoms with E-state index in [1.54, 1.807) is 12.5 Å². The standard InChI is InChI=1S/C7H7ClO3/c8-7(9)11-4-2-6-1-3-10-5-6/h1,3,5H,2,4H2. The summed E-state index contributed by atoms with van der Waals surface area (Å²) in [5, 5.41) is 0. The molecule has 1 heterocycles. The largest absolute Gasteiger partial charge is 0.472 e. The van der Waals surface area contributed by atoms with Gasteiger partial charge in [-0.15, -0.1) is 0 Å². The van der Waals surface area contributed by atoms with Crippen molar-refractivity contribution in [2.45, 2.75) is 6.42 Å². The van der Waals surface area contributed by atoms with Crippen molar-refractivity contribution in [3.63, 3.8) is 0 Å². The molecule has 0 bridgehead atoms. The monoisotopic (exact) mass is 174 g/mol. The van der Waals surface area contributed by atoms with E-state index in [0.717, 1.165) is 5.56 Å². The summed E-state index contributed by atoms with van der Waals surface area (Å²) in [7, 11) is 0. The first-order chi connectivity index (χ1) is 5.29. The van der Waals surface area contributed by atoms with Gasteiger partial charge in [-0.1, -0.05) is 0 Å². The molecule has 1 aromatic rings. The fourth-order valence-electron chi connectivity index (χ4n) is 0.684. The van der Waals surface area contributed by atoms with Crippen LogP contribution in [0, 0.1) is 0 Å². The van der Waals surface area contributed by atoms with Crippen LogP contribution >= 0.6 is 11.6 Å². The summed E-state index contributed by atoms with van der Waals surface area (Å²) in [6, 6.07) is 1.81. The molecule has 60 valence electrons. The van der Waals surface area contributed by atoms with Crippen LogP contribution < -0.4 is 0 Å².